The quantitative estimate of drug-likeness (QED) is 0.819. The van der Waals surface area contributed by atoms with E-state index in [0.29, 0.717) is 30.9 Å². The molecule has 3 rings (SSSR count). The van der Waals surface area contributed by atoms with Crippen molar-refractivity contribution in [2.75, 3.05) is 19.8 Å². The van der Waals surface area contributed by atoms with Crippen molar-refractivity contribution in [1.82, 2.24) is 9.88 Å². The van der Waals surface area contributed by atoms with Crippen molar-refractivity contribution in [3.63, 3.8) is 0 Å². The summed E-state index contributed by atoms with van der Waals surface area (Å²) in [5.74, 6) is -0.226. The Labute approximate surface area is 117 Å². The lowest BCUT2D eigenvalue weighted by Gasteiger charge is -2.26. The van der Waals surface area contributed by atoms with Gasteiger partial charge in [-0.15, -0.1) is 0 Å². The van der Waals surface area contributed by atoms with E-state index in [2.05, 4.69) is 16.0 Å². The molecule has 0 radical (unpaired) electrons. The predicted octanol–water partition coefficient (Wildman–Crippen LogP) is 0.456. The largest absolute Gasteiger partial charge is 0.381 e. The number of primary amides is 1. The standard InChI is InChI=1S/C14H18N4O2/c15-7-10-12(14(16)19)11-8-17-3-4-18(11)13(10)9-1-5-20-6-2-9/h9,17H,1-6,8H2,(H2,16,19). The number of amides is 1. The number of nitrogens with zero attached hydrogens (tertiary/aromatic N) is 2. The molecule has 0 aliphatic carbocycles. The van der Waals surface area contributed by atoms with E-state index in [1.807, 2.05) is 0 Å². The zero-order valence-corrected chi connectivity index (χ0v) is 11.3. The number of carbonyl (C=O) groups is 1. The molecular weight excluding hydrogens is 256 g/mol. The summed E-state index contributed by atoms with van der Waals surface area (Å²) in [6.45, 7) is 3.64. The van der Waals surface area contributed by atoms with Crippen LogP contribution < -0.4 is 11.1 Å². The van der Waals surface area contributed by atoms with Crippen LogP contribution >= 0.6 is 0 Å². The molecule has 1 aromatic rings. The normalized spacial score (nSPS) is 19.4. The third-order valence-electron chi connectivity index (χ3n) is 4.18. The van der Waals surface area contributed by atoms with Gasteiger partial charge >= 0.3 is 0 Å². The van der Waals surface area contributed by atoms with Crippen LogP contribution in [0, 0.1) is 11.3 Å². The molecule has 0 spiro atoms. The van der Waals surface area contributed by atoms with Crippen LogP contribution in [0.15, 0.2) is 0 Å². The van der Waals surface area contributed by atoms with Gasteiger partial charge in [0.05, 0.1) is 11.1 Å². The van der Waals surface area contributed by atoms with E-state index in [4.69, 9.17) is 10.5 Å². The van der Waals surface area contributed by atoms with Gasteiger partial charge in [0.1, 0.15) is 6.07 Å². The monoisotopic (exact) mass is 274 g/mol. The Kier molecular flexibility index (Phi) is 3.47. The highest BCUT2D eigenvalue weighted by atomic mass is 16.5. The SMILES string of the molecule is N#Cc1c(C(N)=O)c2n(c1C1CCOCC1)CCNC2. The zero-order chi connectivity index (χ0) is 14.1. The zero-order valence-electron chi connectivity index (χ0n) is 11.3. The first-order valence-electron chi connectivity index (χ1n) is 6.97. The van der Waals surface area contributed by atoms with E-state index in [1.165, 1.54) is 0 Å². The highest BCUT2D eigenvalue weighted by Crippen LogP contribution is 2.35. The summed E-state index contributed by atoms with van der Waals surface area (Å²) in [6, 6.07) is 2.21. The molecule has 106 valence electrons. The minimum atomic E-state index is -0.507. The number of rotatable bonds is 2. The van der Waals surface area contributed by atoms with E-state index in [1.54, 1.807) is 0 Å². The summed E-state index contributed by atoms with van der Waals surface area (Å²) >= 11 is 0. The van der Waals surface area contributed by atoms with Crippen LogP contribution in [0.3, 0.4) is 0 Å². The number of carbonyl (C=O) groups excluding carboxylic acids is 1. The summed E-state index contributed by atoms with van der Waals surface area (Å²) in [7, 11) is 0. The van der Waals surface area contributed by atoms with Crippen molar-refractivity contribution < 1.29 is 9.53 Å². The maximum Gasteiger partial charge on any atom is 0.251 e. The fourth-order valence-electron chi connectivity index (χ4n) is 3.30. The first-order chi connectivity index (χ1) is 9.74. The molecular formula is C14H18N4O2. The average Bonchev–Trinajstić information content (AvgIpc) is 2.82. The van der Waals surface area contributed by atoms with E-state index in [0.717, 1.165) is 37.3 Å². The number of nitriles is 1. The summed E-state index contributed by atoms with van der Waals surface area (Å²) < 4.78 is 7.53. The fourth-order valence-corrected chi connectivity index (χ4v) is 3.30. The minimum Gasteiger partial charge on any atom is -0.381 e. The number of hydrogen-bond donors (Lipinski definition) is 2. The topological polar surface area (TPSA) is 93.1 Å². The van der Waals surface area contributed by atoms with Gasteiger partial charge in [0.25, 0.3) is 5.91 Å². The van der Waals surface area contributed by atoms with Gasteiger partial charge in [-0.2, -0.15) is 5.26 Å². The summed E-state index contributed by atoms with van der Waals surface area (Å²) in [4.78, 5) is 11.8. The fraction of sp³-hybridized carbons (Fsp3) is 0.571. The van der Waals surface area contributed by atoms with Gasteiger partial charge < -0.3 is 20.4 Å². The van der Waals surface area contributed by atoms with Crippen molar-refractivity contribution in [1.29, 1.82) is 5.26 Å². The van der Waals surface area contributed by atoms with Gasteiger partial charge in [-0.3, -0.25) is 4.79 Å². The summed E-state index contributed by atoms with van der Waals surface area (Å²) in [5.41, 5.74) is 8.23. The molecule has 3 N–H and O–H groups in total. The van der Waals surface area contributed by atoms with E-state index in [-0.39, 0.29) is 5.92 Å². The second-order valence-corrected chi connectivity index (χ2v) is 5.27. The molecule has 0 unspecified atom stereocenters. The second-order valence-electron chi connectivity index (χ2n) is 5.27. The molecule has 1 fully saturated rings. The highest BCUT2D eigenvalue weighted by Gasteiger charge is 2.31. The van der Waals surface area contributed by atoms with E-state index < -0.39 is 5.91 Å². The van der Waals surface area contributed by atoms with Gasteiger partial charge in [-0.1, -0.05) is 0 Å². The summed E-state index contributed by atoms with van der Waals surface area (Å²) in [6.07, 6.45) is 1.79. The molecule has 6 nitrogen and oxygen atoms in total. The molecule has 6 heteroatoms. The van der Waals surface area contributed by atoms with Gasteiger partial charge in [-0.05, 0) is 12.8 Å². The smallest absolute Gasteiger partial charge is 0.251 e. The first-order valence-corrected chi connectivity index (χ1v) is 6.97. The lowest BCUT2D eigenvalue weighted by molar-refractivity contribution is 0.0835. The Hall–Kier alpha value is -1.84. The molecule has 0 saturated carbocycles. The Morgan fingerprint density at radius 2 is 2.20 bits per heavy atom. The average molecular weight is 274 g/mol. The van der Waals surface area contributed by atoms with Crippen LogP contribution in [-0.2, 0) is 17.8 Å². The molecule has 0 aromatic carbocycles. The molecule has 2 aliphatic rings. The Bertz CT molecular complexity index is 579. The third kappa shape index (κ3) is 1.99. The number of nitrogens with two attached hydrogens (primary N) is 1. The van der Waals surface area contributed by atoms with Gasteiger partial charge in [0.2, 0.25) is 0 Å². The predicted molar refractivity (Wildman–Crippen MR) is 72.2 cm³/mol. The molecule has 2 aliphatic heterocycles. The lowest BCUT2D eigenvalue weighted by atomic mass is 9.92. The number of ether oxygens (including phenoxy) is 1. The van der Waals surface area contributed by atoms with Gasteiger partial charge in [0.15, 0.2) is 0 Å². The van der Waals surface area contributed by atoms with Gasteiger partial charge in [0, 0.05) is 50.2 Å². The first kappa shape index (κ1) is 13.2. The van der Waals surface area contributed by atoms with E-state index in [9.17, 15) is 10.1 Å². The number of hydrogen-bond acceptors (Lipinski definition) is 4. The van der Waals surface area contributed by atoms with E-state index >= 15 is 0 Å². The van der Waals surface area contributed by atoms with Crippen LogP contribution in [0.5, 0.6) is 0 Å². The third-order valence-corrected chi connectivity index (χ3v) is 4.18. The van der Waals surface area contributed by atoms with Crippen LogP contribution in [0.1, 0.15) is 46.1 Å². The van der Waals surface area contributed by atoms with Crippen molar-refractivity contribution in [3.05, 3.63) is 22.5 Å². The molecule has 1 saturated heterocycles. The van der Waals surface area contributed by atoms with Crippen molar-refractivity contribution >= 4 is 5.91 Å². The Morgan fingerprint density at radius 3 is 2.85 bits per heavy atom. The van der Waals surface area contributed by atoms with Gasteiger partial charge in [-0.25, -0.2) is 0 Å². The number of fused-ring (bicyclic) bond motifs is 1. The number of nitrogens with one attached hydrogen (secondary N) is 1. The lowest BCUT2D eigenvalue weighted by Crippen LogP contribution is -2.31. The van der Waals surface area contributed by atoms with Crippen LogP contribution in [0.2, 0.25) is 0 Å². The van der Waals surface area contributed by atoms with Crippen molar-refractivity contribution in [2.24, 2.45) is 5.73 Å². The maximum absolute atomic E-state index is 11.8. The Balaban J connectivity index is 2.16. The van der Waals surface area contributed by atoms with Crippen molar-refractivity contribution in [3.8, 4) is 6.07 Å². The van der Waals surface area contributed by atoms with Crippen LogP contribution in [-0.4, -0.2) is 30.2 Å². The molecule has 0 bridgehead atoms. The highest BCUT2D eigenvalue weighted by molar-refractivity contribution is 5.97. The molecule has 3 heterocycles. The van der Waals surface area contributed by atoms with Crippen molar-refractivity contribution in [2.45, 2.75) is 31.8 Å². The Morgan fingerprint density at radius 1 is 1.45 bits per heavy atom. The summed E-state index contributed by atoms with van der Waals surface area (Å²) in [5, 5.41) is 12.7. The molecule has 1 amide bonds. The van der Waals surface area contributed by atoms with Crippen LogP contribution in [0.25, 0.3) is 0 Å². The molecule has 20 heavy (non-hydrogen) atoms. The second kappa shape index (κ2) is 5.27. The number of aromatic nitrogens is 1. The minimum absolute atomic E-state index is 0.281. The maximum atomic E-state index is 11.8. The molecule has 1 aromatic heterocycles. The molecule has 0 atom stereocenters. The van der Waals surface area contributed by atoms with Crippen LogP contribution in [0.4, 0.5) is 0 Å².